The van der Waals surface area contributed by atoms with Crippen LogP contribution in [0.2, 0.25) is 0 Å². The second kappa shape index (κ2) is 17.5. The standard InChI is InChI=1S/C64H53N4O2.Pt/c1-40-33-41(2)59(43-21-13-10-14-22-43)61(58(40)42-19-11-9-12-20-42)67-39-66(52-24-16-17-25-53(52)67)46-34-45(64(6,7)8)35-48(37-46)69-47-27-28-51-55(38-47)68(57-36-44(31-32-65-57)63(3,4)5)54-30-29-50-49-23-15-18-26-56(49)70-62(50)60(51)54;/h9-36,39H,1-8H3;/q-3;/i9D,10D,11D,12D,13D,14D,19D,20D,21D,22D;. The number of hydrogen-bond donors (Lipinski definition) is 0. The molecule has 3 aromatic heterocycles. The van der Waals surface area contributed by atoms with Crippen LogP contribution in [-0.2, 0) is 31.9 Å². The Hall–Kier alpha value is -7.40. The van der Waals surface area contributed by atoms with Gasteiger partial charge in [0.25, 0.3) is 0 Å². The fourth-order valence-corrected chi connectivity index (χ4v) is 9.83. The van der Waals surface area contributed by atoms with Gasteiger partial charge in [-0.2, -0.15) is 6.07 Å². The number of fused-ring (bicyclic) bond motifs is 8. The van der Waals surface area contributed by atoms with Gasteiger partial charge in [0, 0.05) is 83.2 Å². The van der Waals surface area contributed by atoms with Crippen LogP contribution in [0.4, 0.5) is 22.7 Å². The second-order valence-electron chi connectivity index (χ2n) is 19.9. The first-order valence-corrected chi connectivity index (χ1v) is 23.3. The molecule has 0 bridgehead atoms. The van der Waals surface area contributed by atoms with E-state index in [2.05, 4.69) is 82.5 Å². The quantitative estimate of drug-likeness (QED) is 0.149. The smallest absolute Gasteiger partial charge is 0.135 e. The number of benzene rings is 8. The van der Waals surface area contributed by atoms with Crippen LogP contribution in [0, 0.1) is 32.6 Å². The molecule has 0 aliphatic carbocycles. The van der Waals surface area contributed by atoms with E-state index in [1.54, 1.807) is 26.6 Å². The zero-order valence-corrected chi connectivity index (χ0v) is 42.7. The van der Waals surface area contributed by atoms with Gasteiger partial charge in [-0.25, -0.2) is 4.98 Å². The molecule has 0 atom stereocenters. The molecule has 0 saturated heterocycles. The second-order valence-corrected chi connectivity index (χ2v) is 19.9. The zero-order chi connectivity index (χ0) is 56.8. The van der Waals surface area contributed by atoms with Gasteiger partial charge in [0.05, 0.1) is 13.7 Å². The number of hydrogen-bond acceptors (Lipinski definition) is 5. The average Bonchev–Trinajstić information content (AvgIpc) is 2.53. The van der Waals surface area contributed by atoms with Gasteiger partial charge in [0.15, 0.2) is 0 Å². The molecule has 71 heavy (non-hydrogen) atoms. The van der Waals surface area contributed by atoms with E-state index < -0.39 is 65.8 Å². The number of para-hydroxylation sites is 3. The summed E-state index contributed by atoms with van der Waals surface area (Å²) in [6, 6.07) is 35.7. The molecule has 4 heterocycles. The molecule has 1 aliphatic heterocycles. The number of nitrogens with zero attached hydrogens (tertiary/aromatic N) is 4. The Bertz CT molecular complexity index is 4310. The molecule has 0 fully saturated rings. The van der Waals surface area contributed by atoms with Crippen molar-refractivity contribution in [2.45, 2.75) is 66.2 Å². The molecule has 8 aromatic carbocycles. The van der Waals surface area contributed by atoms with Crippen molar-refractivity contribution >= 4 is 66.5 Å². The van der Waals surface area contributed by atoms with Gasteiger partial charge in [-0.15, -0.1) is 48.3 Å². The number of rotatable bonds is 7. The number of ether oxygens (including phenoxy) is 1. The Morgan fingerprint density at radius 2 is 1.25 bits per heavy atom. The van der Waals surface area contributed by atoms with E-state index in [0.717, 1.165) is 54.9 Å². The van der Waals surface area contributed by atoms with Crippen LogP contribution in [0.1, 0.15) is 77.5 Å². The third kappa shape index (κ3) is 7.90. The normalized spacial score (nSPS) is 14.8. The molecular weight excluding hydrogens is 1050 g/mol. The molecule has 0 saturated carbocycles. The Morgan fingerprint density at radius 3 is 1.93 bits per heavy atom. The number of aromatic nitrogens is 2. The minimum absolute atomic E-state index is 0. The van der Waals surface area contributed by atoms with E-state index in [-0.39, 0.29) is 54.4 Å². The zero-order valence-electron chi connectivity index (χ0n) is 50.4. The predicted molar refractivity (Wildman–Crippen MR) is 289 cm³/mol. The molecule has 1 aliphatic rings. The molecule has 0 amide bonds. The van der Waals surface area contributed by atoms with Gasteiger partial charge in [-0.05, 0) is 100 Å². The van der Waals surface area contributed by atoms with Gasteiger partial charge in [0.1, 0.15) is 17.0 Å². The minimum Gasteiger partial charge on any atom is -0.509 e. The van der Waals surface area contributed by atoms with E-state index in [9.17, 15) is 5.48 Å². The maximum atomic E-state index is 9.27. The van der Waals surface area contributed by atoms with Gasteiger partial charge < -0.3 is 23.5 Å². The van der Waals surface area contributed by atoms with E-state index in [4.69, 9.17) is 22.4 Å². The third-order valence-electron chi connectivity index (χ3n) is 13.2. The largest absolute Gasteiger partial charge is 0.509 e. The van der Waals surface area contributed by atoms with Crippen molar-refractivity contribution in [3.63, 3.8) is 0 Å². The predicted octanol–water partition coefficient (Wildman–Crippen LogP) is 17.4. The van der Waals surface area contributed by atoms with Crippen LogP contribution in [0.5, 0.6) is 11.5 Å². The summed E-state index contributed by atoms with van der Waals surface area (Å²) in [6.07, 6.45) is 1.84. The number of aryl methyl sites for hydroxylation is 2. The maximum Gasteiger partial charge on any atom is 0.135 e. The van der Waals surface area contributed by atoms with E-state index >= 15 is 0 Å². The van der Waals surface area contributed by atoms with Crippen molar-refractivity contribution in [1.29, 1.82) is 0 Å². The fraction of sp³-hybridized carbons (Fsp3) is 0.156. The summed E-state index contributed by atoms with van der Waals surface area (Å²) in [5.74, 6) is 1.51. The van der Waals surface area contributed by atoms with Crippen molar-refractivity contribution in [2.24, 2.45) is 0 Å². The van der Waals surface area contributed by atoms with E-state index in [0.29, 0.717) is 45.5 Å². The summed E-state index contributed by atoms with van der Waals surface area (Å²) in [6.45, 7) is 18.2. The Balaban J connectivity index is 0.00000690. The van der Waals surface area contributed by atoms with Gasteiger partial charge in [0.2, 0.25) is 0 Å². The third-order valence-corrected chi connectivity index (χ3v) is 13.2. The van der Waals surface area contributed by atoms with E-state index in [1.165, 1.54) is 0 Å². The number of furan rings is 1. The van der Waals surface area contributed by atoms with Crippen molar-refractivity contribution < 1.29 is 43.9 Å². The average molecular weight is 1120 g/mol. The molecule has 0 N–H and O–H groups in total. The van der Waals surface area contributed by atoms with Crippen molar-refractivity contribution in [1.82, 2.24) is 9.55 Å². The van der Waals surface area contributed by atoms with Crippen molar-refractivity contribution in [2.75, 3.05) is 9.80 Å². The van der Waals surface area contributed by atoms with Gasteiger partial charge >= 0.3 is 0 Å². The molecule has 6 nitrogen and oxygen atoms in total. The van der Waals surface area contributed by atoms with Crippen LogP contribution in [-0.4, -0.2) is 9.55 Å². The monoisotopic (exact) mass is 1110 g/mol. The minimum atomic E-state index is -0.565. The van der Waals surface area contributed by atoms with Crippen LogP contribution in [0.3, 0.4) is 0 Å². The SMILES string of the molecule is [2H]c1c([2H])c([2H])c(-c2c(C)cc(C)c(-c3c([2H])c([2H])c([2H])c([2H])c3[2H])c2N2[CH-]N(c3[c-]c(Oc4[c-]c5c(cc4)c4c6oc7ccccc7c6ccc4n5-c4cc(C(C)(C)C)ccn4)cc(C(C)(C)C)c3)c3ccccc32)c([2H])c1[2H].[Pt]. The number of anilines is 4. The summed E-state index contributed by atoms with van der Waals surface area (Å²) in [4.78, 5) is 8.66. The van der Waals surface area contributed by atoms with E-state index in [1.807, 2.05) is 88.8 Å². The first-order chi connectivity index (χ1) is 37.9. The molecule has 0 spiro atoms. The topological polar surface area (TPSA) is 46.7 Å². The summed E-state index contributed by atoms with van der Waals surface area (Å²) in [5.41, 5.74) is 7.97. The molecule has 12 rings (SSSR count). The molecule has 354 valence electrons. The number of pyridine rings is 1. The summed E-state index contributed by atoms with van der Waals surface area (Å²) >= 11 is 0. The van der Waals surface area contributed by atoms with Crippen LogP contribution >= 0.6 is 0 Å². The fourth-order valence-electron chi connectivity index (χ4n) is 9.83. The molecular formula is C64H53N4O2Pt-3. The first kappa shape index (κ1) is 35.7. The molecule has 0 unspecified atom stereocenters. The Labute approximate surface area is 444 Å². The van der Waals surface area contributed by atoms with Crippen molar-refractivity contribution in [3.8, 4) is 39.6 Å². The summed E-state index contributed by atoms with van der Waals surface area (Å²) in [5, 5.41) is 3.83. The van der Waals surface area contributed by atoms with Crippen LogP contribution < -0.4 is 14.5 Å². The molecule has 0 radical (unpaired) electrons. The van der Waals surface area contributed by atoms with Gasteiger partial charge in [-0.3, -0.25) is 0 Å². The summed E-state index contributed by atoms with van der Waals surface area (Å²) in [7, 11) is 0. The van der Waals surface area contributed by atoms with Crippen molar-refractivity contribution in [3.05, 3.63) is 211 Å². The van der Waals surface area contributed by atoms with Crippen LogP contribution in [0.25, 0.3) is 71.8 Å². The molecule has 11 aromatic rings. The maximum absolute atomic E-state index is 9.27. The first-order valence-electron chi connectivity index (χ1n) is 28.3. The Kier molecular flexibility index (Phi) is 8.77. The van der Waals surface area contributed by atoms with Crippen LogP contribution in [0.15, 0.2) is 174 Å². The van der Waals surface area contributed by atoms with Gasteiger partial charge in [-0.1, -0.05) is 149 Å². The molecule has 7 heteroatoms. The summed E-state index contributed by atoms with van der Waals surface area (Å²) < 4.78 is 105. The Morgan fingerprint density at radius 1 is 0.620 bits per heavy atom.